The first-order valence-corrected chi connectivity index (χ1v) is 10.3. The van der Waals surface area contributed by atoms with Gasteiger partial charge in [0.25, 0.3) is 5.91 Å². The molecule has 2 aromatic heterocycles. The third-order valence-corrected chi connectivity index (χ3v) is 6.26. The Morgan fingerprint density at radius 3 is 2.71 bits per heavy atom. The lowest BCUT2D eigenvalue weighted by molar-refractivity contribution is 0.0617. The number of carbonyl (C=O) groups is 1. The van der Waals surface area contributed by atoms with E-state index in [1.807, 2.05) is 17.2 Å². The molecule has 2 aromatic rings. The summed E-state index contributed by atoms with van der Waals surface area (Å²) in [6.07, 6.45) is 6.58. The minimum Gasteiger partial charge on any atom is -0.360 e. The van der Waals surface area contributed by atoms with Crippen molar-refractivity contribution in [3.63, 3.8) is 0 Å². The molecule has 1 aliphatic heterocycles. The van der Waals surface area contributed by atoms with E-state index in [1.165, 1.54) is 5.56 Å². The van der Waals surface area contributed by atoms with Gasteiger partial charge in [-0.2, -0.15) is 0 Å². The Morgan fingerprint density at radius 2 is 2.04 bits per heavy atom. The second-order valence-electron chi connectivity index (χ2n) is 9.17. The molecule has 0 saturated carbocycles. The zero-order chi connectivity index (χ0) is 19.7. The van der Waals surface area contributed by atoms with Gasteiger partial charge in [0, 0.05) is 57.1 Å². The summed E-state index contributed by atoms with van der Waals surface area (Å²) in [5.74, 6) is 1.50. The second kappa shape index (κ2) is 7.66. The van der Waals surface area contributed by atoms with Gasteiger partial charge < -0.3 is 9.42 Å². The van der Waals surface area contributed by atoms with Crippen molar-refractivity contribution in [2.75, 3.05) is 26.2 Å². The summed E-state index contributed by atoms with van der Waals surface area (Å²) in [6, 6.07) is 4.06. The maximum absolute atomic E-state index is 13.1. The molecule has 1 fully saturated rings. The van der Waals surface area contributed by atoms with Crippen LogP contribution in [0.4, 0.5) is 0 Å². The van der Waals surface area contributed by atoms with E-state index in [0.29, 0.717) is 11.6 Å². The largest absolute Gasteiger partial charge is 0.360 e. The van der Waals surface area contributed by atoms with E-state index in [9.17, 15) is 4.79 Å². The standard InChI is InChI=1S/C22H30N4O2/c1-22(2,3)17-6-7-19-18(13-17)20(24-28-19)21(27)26-11-9-25(10-12-26)15-16-5-4-8-23-14-16/h4-5,8,14,17H,6-7,9-13,15H2,1-3H3. The number of amides is 1. The van der Waals surface area contributed by atoms with Gasteiger partial charge in [-0.15, -0.1) is 0 Å². The van der Waals surface area contributed by atoms with Crippen molar-refractivity contribution in [3.8, 4) is 0 Å². The Morgan fingerprint density at radius 1 is 1.25 bits per heavy atom. The van der Waals surface area contributed by atoms with Gasteiger partial charge in [-0.05, 0) is 35.8 Å². The quantitative estimate of drug-likeness (QED) is 0.816. The lowest BCUT2D eigenvalue weighted by Gasteiger charge is -2.35. The number of hydrogen-bond donors (Lipinski definition) is 0. The molecule has 6 nitrogen and oxygen atoms in total. The number of piperazine rings is 1. The predicted octanol–water partition coefficient (Wildman–Crippen LogP) is 3.18. The highest BCUT2D eigenvalue weighted by molar-refractivity contribution is 5.94. The summed E-state index contributed by atoms with van der Waals surface area (Å²) in [6.45, 7) is 10.9. The molecule has 150 valence electrons. The number of pyridine rings is 1. The molecule has 0 spiro atoms. The lowest BCUT2D eigenvalue weighted by atomic mass is 9.71. The van der Waals surface area contributed by atoms with Crippen LogP contribution < -0.4 is 0 Å². The molecule has 3 heterocycles. The second-order valence-corrected chi connectivity index (χ2v) is 9.17. The third kappa shape index (κ3) is 3.97. The van der Waals surface area contributed by atoms with Gasteiger partial charge in [0.05, 0.1) is 0 Å². The SMILES string of the molecule is CC(C)(C)C1CCc2onc(C(=O)N3CCN(Cc4cccnc4)CC3)c2C1. The van der Waals surface area contributed by atoms with E-state index in [2.05, 4.69) is 41.9 Å². The molecule has 0 radical (unpaired) electrons. The summed E-state index contributed by atoms with van der Waals surface area (Å²) < 4.78 is 5.55. The average molecular weight is 383 g/mol. The first-order chi connectivity index (χ1) is 13.4. The van der Waals surface area contributed by atoms with Crippen molar-refractivity contribution in [3.05, 3.63) is 47.1 Å². The number of fused-ring (bicyclic) bond motifs is 1. The smallest absolute Gasteiger partial charge is 0.276 e. The average Bonchev–Trinajstić information content (AvgIpc) is 3.11. The van der Waals surface area contributed by atoms with Crippen molar-refractivity contribution < 1.29 is 9.32 Å². The molecule has 28 heavy (non-hydrogen) atoms. The molecule has 0 aromatic carbocycles. The zero-order valence-electron chi connectivity index (χ0n) is 17.1. The van der Waals surface area contributed by atoms with Crippen molar-refractivity contribution in [2.24, 2.45) is 11.3 Å². The monoisotopic (exact) mass is 382 g/mol. The molecule has 1 saturated heterocycles. The van der Waals surface area contributed by atoms with E-state index in [4.69, 9.17) is 4.52 Å². The maximum Gasteiger partial charge on any atom is 0.276 e. The third-order valence-electron chi connectivity index (χ3n) is 6.26. The van der Waals surface area contributed by atoms with Crippen LogP contribution in [0.5, 0.6) is 0 Å². The van der Waals surface area contributed by atoms with Gasteiger partial charge in [-0.3, -0.25) is 14.7 Å². The van der Waals surface area contributed by atoms with Crippen LogP contribution in [0.25, 0.3) is 0 Å². The van der Waals surface area contributed by atoms with Gasteiger partial charge >= 0.3 is 0 Å². The van der Waals surface area contributed by atoms with Gasteiger partial charge in [0.1, 0.15) is 5.76 Å². The van der Waals surface area contributed by atoms with Crippen molar-refractivity contribution in [1.82, 2.24) is 19.9 Å². The minimum atomic E-state index is 0.0283. The molecule has 0 bridgehead atoms. The molecule has 6 heteroatoms. The molecule has 1 amide bonds. The molecule has 0 N–H and O–H groups in total. The topological polar surface area (TPSA) is 62.5 Å². The molecule has 1 aliphatic carbocycles. The fourth-order valence-corrected chi connectivity index (χ4v) is 4.32. The fraction of sp³-hybridized carbons (Fsp3) is 0.591. The summed E-state index contributed by atoms with van der Waals surface area (Å²) in [4.78, 5) is 21.6. The van der Waals surface area contributed by atoms with Gasteiger partial charge in [0.2, 0.25) is 0 Å². The van der Waals surface area contributed by atoms with Crippen LogP contribution in [0.15, 0.2) is 29.0 Å². The van der Waals surface area contributed by atoms with E-state index in [1.54, 1.807) is 6.20 Å². The number of aryl methyl sites for hydroxylation is 1. The molecule has 2 aliphatic rings. The van der Waals surface area contributed by atoms with Crippen LogP contribution in [0.3, 0.4) is 0 Å². The van der Waals surface area contributed by atoms with Crippen LogP contribution in [-0.2, 0) is 19.4 Å². The Bertz CT molecular complexity index is 817. The molecule has 1 unspecified atom stereocenters. The number of rotatable bonds is 3. The number of carbonyl (C=O) groups excluding carboxylic acids is 1. The maximum atomic E-state index is 13.1. The highest BCUT2D eigenvalue weighted by Crippen LogP contribution is 2.38. The number of aromatic nitrogens is 2. The summed E-state index contributed by atoms with van der Waals surface area (Å²) in [5, 5.41) is 4.19. The molecular formula is C22H30N4O2. The Hall–Kier alpha value is -2.21. The van der Waals surface area contributed by atoms with E-state index in [0.717, 1.165) is 63.3 Å². The summed E-state index contributed by atoms with van der Waals surface area (Å²) in [5.41, 5.74) is 3.03. The van der Waals surface area contributed by atoms with Gasteiger partial charge in [0.15, 0.2) is 5.69 Å². The van der Waals surface area contributed by atoms with Crippen LogP contribution in [0.1, 0.15) is 54.6 Å². The minimum absolute atomic E-state index is 0.0283. The highest BCUT2D eigenvalue weighted by Gasteiger charge is 2.35. The van der Waals surface area contributed by atoms with Crippen LogP contribution in [0.2, 0.25) is 0 Å². The fourth-order valence-electron chi connectivity index (χ4n) is 4.32. The molecule has 4 rings (SSSR count). The van der Waals surface area contributed by atoms with E-state index in [-0.39, 0.29) is 11.3 Å². The molecular weight excluding hydrogens is 352 g/mol. The van der Waals surface area contributed by atoms with Gasteiger partial charge in [-0.1, -0.05) is 32.0 Å². The van der Waals surface area contributed by atoms with Crippen LogP contribution in [0, 0.1) is 11.3 Å². The Balaban J connectivity index is 1.39. The van der Waals surface area contributed by atoms with Crippen LogP contribution >= 0.6 is 0 Å². The number of hydrogen-bond acceptors (Lipinski definition) is 5. The zero-order valence-corrected chi connectivity index (χ0v) is 17.1. The first-order valence-electron chi connectivity index (χ1n) is 10.3. The number of nitrogens with zero attached hydrogens (tertiary/aromatic N) is 4. The van der Waals surface area contributed by atoms with Gasteiger partial charge in [-0.25, -0.2) is 0 Å². The van der Waals surface area contributed by atoms with Crippen molar-refractivity contribution in [2.45, 2.75) is 46.6 Å². The normalized spacial score (nSPS) is 20.8. The Kier molecular flexibility index (Phi) is 5.23. The van der Waals surface area contributed by atoms with E-state index < -0.39 is 0 Å². The van der Waals surface area contributed by atoms with Crippen molar-refractivity contribution in [1.29, 1.82) is 0 Å². The summed E-state index contributed by atoms with van der Waals surface area (Å²) in [7, 11) is 0. The molecule has 1 atom stereocenters. The van der Waals surface area contributed by atoms with Crippen LogP contribution in [-0.4, -0.2) is 52.0 Å². The summed E-state index contributed by atoms with van der Waals surface area (Å²) >= 11 is 0. The van der Waals surface area contributed by atoms with E-state index >= 15 is 0 Å². The Labute approximate surface area is 166 Å². The lowest BCUT2D eigenvalue weighted by Crippen LogP contribution is -2.48. The van der Waals surface area contributed by atoms with Crippen molar-refractivity contribution >= 4 is 5.91 Å². The highest BCUT2D eigenvalue weighted by atomic mass is 16.5. The first kappa shape index (κ1) is 19.1. The predicted molar refractivity (Wildman–Crippen MR) is 107 cm³/mol.